The van der Waals surface area contributed by atoms with E-state index in [0.29, 0.717) is 0 Å². The molecule has 0 fully saturated rings. The highest BCUT2D eigenvalue weighted by Crippen LogP contribution is 2.17. The van der Waals surface area contributed by atoms with Crippen LogP contribution in [0.15, 0.2) is 18.2 Å². The Morgan fingerprint density at radius 3 is 2.32 bits per heavy atom. The molecule has 1 aromatic carbocycles. The van der Waals surface area contributed by atoms with Gasteiger partial charge in [0, 0.05) is 17.7 Å². The third-order valence-electron chi connectivity index (χ3n) is 2.57. The summed E-state index contributed by atoms with van der Waals surface area (Å²) in [5.41, 5.74) is 10.8. The van der Waals surface area contributed by atoms with Gasteiger partial charge in [0.25, 0.3) is 0 Å². The van der Waals surface area contributed by atoms with E-state index in [1.165, 1.54) is 18.2 Å². The van der Waals surface area contributed by atoms with Crippen molar-refractivity contribution in [1.82, 2.24) is 0 Å². The number of nitrogen functional groups attached to an aromatic ring is 1. The Morgan fingerprint density at radius 2 is 1.79 bits per heavy atom. The number of carbonyl (C=O) groups is 3. The number of aliphatic carboxylic acids is 1. The molecule has 1 atom stereocenters. The highest BCUT2D eigenvalue weighted by Gasteiger charge is 2.19. The van der Waals surface area contributed by atoms with Crippen molar-refractivity contribution < 1.29 is 24.6 Å². The molecule has 0 aromatic heterocycles. The number of carbonyl (C=O) groups excluding carboxylic acids is 1. The first kappa shape index (κ1) is 14.7. The van der Waals surface area contributed by atoms with Gasteiger partial charge in [0.1, 0.15) is 6.04 Å². The SMILES string of the molecule is Nc1ccc(C(=O)O)c(C(=O)CC[C@H](N)C(=O)O)c1. The predicted molar refractivity (Wildman–Crippen MR) is 67.0 cm³/mol. The summed E-state index contributed by atoms with van der Waals surface area (Å²) < 4.78 is 0. The quantitative estimate of drug-likeness (QED) is 0.429. The fourth-order valence-corrected chi connectivity index (χ4v) is 1.52. The molecule has 0 aliphatic heterocycles. The topological polar surface area (TPSA) is 144 Å². The molecule has 0 saturated heterocycles. The van der Waals surface area contributed by atoms with Gasteiger partial charge in [0.05, 0.1) is 5.56 Å². The highest BCUT2D eigenvalue weighted by atomic mass is 16.4. The second-order valence-electron chi connectivity index (χ2n) is 4.02. The lowest BCUT2D eigenvalue weighted by molar-refractivity contribution is -0.138. The van der Waals surface area contributed by atoms with Crippen molar-refractivity contribution in [2.24, 2.45) is 5.73 Å². The third-order valence-corrected chi connectivity index (χ3v) is 2.57. The van der Waals surface area contributed by atoms with Crippen molar-refractivity contribution in [1.29, 1.82) is 0 Å². The molecule has 102 valence electrons. The number of carboxylic acids is 2. The van der Waals surface area contributed by atoms with Crippen molar-refractivity contribution in [3.05, 3.63) is 29.3 Å². The lowest BCUT2D eigenvalue weighted by Crippen LogP contribution is -2.30. The molecule has 1 rings (SSSR count). The normalized spacial score (nSPS) is 11.8. The molecular weight excluding hydrogens is 252 g/mol. The summed E-state index contributed by atoms with van der Waals surface area (Å²) in [6, 6.07) is 2.72. The molecule has 0 aliphatic rings. The van der Waals surface area contributed by atoms with Crippen LogP contribution >= 0.6 is 0 Å². The van der Waals surface area contributed by atoms with E-state index in [-0.39, 0.29) is 29.7 Å². The van der Waals surface area contributed by atoms with Gasteiger partial charge in [-0.1, -0.05) is 0 Å². The maximum atomic E-state index is 11.9. The molecule has 0 radical (unpaired) electrons. The summed E-state index contributed by atoms with van der Waals surface area (Å²) in [6.07, 6.45) is -0.223. The molecular formula is C12H14N2O5. The molecule has 7 heteroatoms. The van der Waals surface area contributed by atoms with Crippen LogP contribution in [0.1, 0.15) is 33.6 Å². The molecule has 0 bridgehead atoms. The Hall–Kier alpha value is -2.41. The van der Waals surface area contributed by atoms with E-state index in [2.05, 4.69) is 0 Å². The Kier molecular flexibility index (Phi) is 4.60. The van der Waals surface area contributed by atoms with E-state index in [0.717, 1.165) is 0 Å². The number of anilines is 1. The van der Waals surface area contributed by atoms with Crippen LogP contribution in [0.25, 0.3) is 0 Å². The van der Waals surface area contributed by atoms with Crippen LogP contribution in [0.2, 0.25) is 0 Å². The summed E-state index contributed by atoms with van der Waals surface area (Å²) >= 11 is 0. The van der Waals surface area contributed by atoms with Crippen molar-refractivity contribution in [3.63, 3.8) is 0 Å². The molecule has 0 saturated carbocycles. The van der Waals surface area contributed by atoms with Gasteiger partial charge in [-0.15, -0.1) is 0 Å². The van der Waals surface area contributed by atoms with Crippen LogP contribution in [0.3, 0.4) is 0 Å². The Balaban J connectivity index is 2.90. The van der Waals surface area contributed by atoms with E-state index in [9.17, 15) is 14.4 Å². The number of aromatic carboxylic acids is 1. The molecule has 6 N–H and O–H groups in total. The number of rotatable bonds is 6. The first-order chi connectivity index (χ1) is 8.82. The minimum atomic E-state index is -1.24. The van der Waals surface area contributed by atoms with Gasteiger partial charge in [-0.25, -0.2) is 4.79 Å². The second-order valence-corrected chi connectivity index (χ2v) is 4.02. The van der Waals surface area contributed by atoms with Crippen molar-refractivity contribution in [3.8, 4) is 0 Å². The van der Waals surface area contributed by atoms with Gasteiger partial charge in [0.2, 0.25) is 0 Å². The number of ketones is 1. The minimum Gasteiger partial charge on any atom is -0.480 e. The molecule has 1 aromatic rings. The van der Waals surface area contributed by atoms with Crippen molar-refractivity contribution in [2.75, 3.05) is 5.73 Å². The van der Waals surface area contributed by atoms with Gasteiger partial charge in [0.15, 0.2) is 5.78 Å². The number of hydrogen-bond donors (Lipinski definition) is 4. The monoisotopic (exact) mass is 266 g/mol. The second kappa shape index (κ2) is 5.96. The summed E-state index contributed by atoms with van der Waals surface area (Å²) in [5.74, 6) is -2.95. The number of carboxylic acid groups (broad SMARTS) is 2. The first-order valence-corrected chi connectivity index (χ1v) is 5.47. The molecule has 0 spiro atoms. The largest absolute Gasteiger partial charge is 0.480 e. The standard InChI is InChI=1S/C12H14N2O5/c13-6-1-2-7(11(16)17)8(5-6)10(15)4-3-9(14)12(18)19/h1-2,5,9H,3-4,13-14H2,(H,16,17)(H,18,19)/t9-/m0/s1. The number of hydrogen-bond acceptors (Lipinski definition) is 5. The van der Waals surface area contributed by atoms with E-state index in [1.807, 2.05) is 0 Å². The van der Waals surface area contributed by atoms with Crippen LogP contribution in [0.5, 0.6) is 0 Å². The molecule has 19 heavy (non-hydrogen) atoms. The maximum absolute atomic E-state index is 11.9. The first-order valence-electron chi connectivity index (χ1n) is 5.47. The van der Waals surface area contributed by atoms with Gasteiger partial charge in [-0.05, 0) is 24.6 Å². The molecule has 0 unspecified atom stereocenters. The van der Waals surface area contributed by atoms with Gasteiger partial charge in [-0.2, -0.15) is 0 Å². The Morgan fingerprint density at radius 1 is 1.16 bits per heavy atom. The number of benzene rings is 1. The molecule has 0 aliphatic carbocycles. The summed E-state index contributed by atoms with van der Waals surface area (Å²) in [4.78, 5) is 33.4. The van der Waals surface area contributed by atoms with Crippen molar-refractivity contribution >= 4 is 23.4 Å². The Bertz CT molecular complexity index is 527. The third kappa shape index (κ3) is 3.78. The van der Waals surface area contributed by atoms with Crippen LogP contribution in [0, 0.1) is 0 Å². The fourth-order valence-electron chi connectivity index (χ4n) is 1.52. The van der Waals surface area contributed by atoms with Gasteiger partial charge in [-0.3, -0.25) is 9.59 Å². The molecule has 7 nitrogen and oxygen atoms in total. The van der Waals surface area contributed by atoms with Gasteiger partial charge < -0.3 is 21.7 Å². The zero-order chi connectivity index (χ0) is 14.6. The molecule has 0 amide bonds. The smallest absolute Gasteiger partial charge is 0.336 e. The summed E-state index contributed by atoms with van der Waals surface area (Å²) in [5, 5.41) is 17.6. The van der Waals surface area contributed by atoms with E-state index >= 15 is 0 Å². The van der Waals surface area contributed by atoms with Crippen LogP contribution in [-0.4, -0.2) is 34.0 Å². The highest BCUT2D eigenvalue weighted by molar-refractivity contribution is 6.06. The number of nitrogens with two attached hydrogens (primary N) is 2. The zero-order valence-corrected chi connectivity index (χ0v) is 10.00. The minimum absolute atomic E-state index is 0.0370. The van der Waals surface area contributed by atoms with E-state index in [4.69, 9.17) is 21.7 Å². The number of Topliss-reactive ketones (excluding diaryl/α,β-unsaturated/α-hetero) is 1. The average Bonchev–Trinajstić information content (AvgIpc) is 2.34. The maximum Gasteiger partial charge on any atom is 0.336 e. The van der Waals surface area contributed by atoms with E-state index < -0.39 is 23.8 Å². The molecule has 0 heterocycles. The van der Waals surface area contributed by atoms with Crippen LogP contribution in [0.4, 0.5) is 5.69 Å². The zero-order valence-electron chi connectivity index (χ0n) is 10.00. The Labute approximate surface area is 108 Å². The lowest BCUT2D eigenvalue weighted by atomic mass is 9.98. The lowest BCUT2D eigenvalue weighted by Gasteiger charge is -2.08. The predicted octanol–water partition coefficient (Wildman–Crippen LogP) is 0.342. The fraction of sp³-hybridized carbons (Fsp3) is 0.250. The summed E-state index contributed by atoms with van der Waals surface area (Å²) in [6.45, 7) is 0. The van der Waals surface area contributed by atoms with Crippen molar-refractivity contribution in [2.45, 2.75) is 18.9 Å². The van der Waals surface area contributed by atoms with Gasteiger partial charge >= 0.3 is 11.9 Å². The van der Waals surface area contributed by atoms with E-state index in [1.54, 1.807) is 0 Å². The average molecular weight is 266 g/mol. The summed E-state index contributed by atoms with van der Waals surface area (Å²) in [7, 11) is 0. The van der Waals surface area contributed by atoms with Crippen LogP contribution in [-0.2, 0) is 4.79 Å². The van der Waals surface area contributed by atoms with Crippen LogP contribution < -0.4 is 11.5 Å².